The number of aryl methyl sites for hydroxylation is 1. The number of ether oxygens (including phenoxy) is 1. The molecule has 4 nitrogen and oxygen atoms in total. The summed E-state index contributed by atoms with van der Waals surface area (Å²) < 4.78 is 4.65. The van der Waals surface area contributed by atoms with Gasteiger partial charge in [0, 0.05) is 11.9 Å². The third-order valence-electron chi connectivity index (χ3n) is 2.54. The number of hydrogen-bond acceptors (Lipinski definition) is 4. The van der Waals surface area contributed by atoms with Crippen LogP contribution in [0, 0.1) is 6.92 Å². The fourth-order valence-electron chi connectivity index (χ4n) is 1.64. The number of nitrogens with zero attached hydrogens (tertiary/aromatic N) is 1. The van der Waals surface area contributed by atoms with E-state index < -0.39 is 0 Å². The Balaban J connectivity index is 0.000000612. The van der Waals surface area contributed by atoms with Crippen molar-refractivity contribution in [1.82, 2.24) is 10.3 Å². The van der Waals surface area contributed by atoms with Crippen molar-refractivity contribution >= 4 is 5.97 Å². The number of aromatic nitrogens is 1. The number of hydrogen-bond donors (Lipinski definition) is 1. The zero-order chi connectivity index (χ0) is 15.0. The van der Waals surface area contributed by atoms with Crippen molar-refractivity contribution < 1.29 is 9.53 Å². The molecule has 0 amide bonds. The lowest BCUT2D eigenvalue weighted by molar-refractivity contribution is 0.0601. The quantitative estimate of drug-likeness (QED) is 0.854. The van der Waals surface area contributed by atoms with E-state index in [2.05, 4.69) is 15.0 Å². The highest BCUT2D eigenvalue weighted by Crippen LogP contribution is 2.20. The molecule has 0 spiro atoms. The molecule has 1 aromatic heterocycles. The summed E-state index contributed by atoms with van der Waals surface area (Å²) in [7, 11) is 5.13. The van der Waals surface area contributed by atoms with Crippen LogP contribution in [0.25, 0.3) is 11.1 Å². The number of methoxy groups -OCH3 is 1. The third-order valence-corrected chi connectivity index (χ3v) is 2.54. The molecule has 4 heteroatoms. The van der Waals surface area contributed by atoms with Crippen molar-refractivity contribution in [3.05, 3.63) is 53.9 Å². The topological polar surface area (TPSA) is 51.2 Å². The minimum Gasteiger partial charge on any atom is -0.465 e. The molecule has 0 saturated carbocycles. The highest BCUT2D eigenvalue weighted by atomic mass is 16.5. The summed E-state index contributed by atoms with van der Waals surface area (Å²) in [6.45, 7) is 1.95. The highest BCUT2D eigenvalue weighted by Gasteiger charge is 2.05. The molecule has 106 valence electrons. The first-order chi connectivity index (χ1) is 9.62. The van der Waals surface area contributed by atoms with E-state index in [0.29, 0.717) is 5.56 Å². The molecule has 1 aromatic carbocycles. The van der Waals surface area contributed by atoms with Crippen LogP contribution in [-0.4, -0.2) is 32.2 Å². The second-order valence-electron chi connectivity index (χ2n) is 4.25. The lowest BCUT2D eigenvalue weighted by Crippen LogP contribution is -2.00. The Hall–Kier alpha value is -2.20. The summed E-state index contributed by atoms with van der Waals surface area (Å²) in [5.41, 5.74) is 3.68. The fraction of sp³-hybridized carbons (Fsp3) is 0.250. The van der Waals surface area contributed by atoms with Gasteiger partial charge >= 0.3 is 5.97 Å². The van der Waals surface area contributed by atoms with Crippen LogP contribution in [0.4, 0.5) is 0 Å². The van der Waals surface area contributed by atoms with Gasteiger partial charge in [0.05, 0.1) is 12.7 Å². The van der Waals surface area contributed by atoms with Gasteiger partial charge in [-0.25, -0.2) is 4.79 Å². The van der Waals surface area contributed by atoms with Crippen LogP contribution in [0.2, 0.25) is 0 Å². The molecule has 2 aromatic rings. The van der Waals surface area contributed by atoms with E-state index in [4.69, 9.17) is 0 Å². The maximum absolute atomic E-state index is 11.3. The Labute approximate surface area is 119 Å². The molecule has 0 aliphatic carbocycles. The summed E-state index contributed by atoms with van der Waals surface area (Å²) >= 11 is 0. The van der Waals surface area contributed by atoms with Gasteiger partial charge in [0.25, 0.3) is 0 Å². The Bertz CT molecular complexity index is 551. The monoisotopic (exact) mass is 272 g/mol. The molecular weight excluding hydrogens is 252 g/mol. The fourth-order valence-corrected chi connectivity index (χ4v) is 1.64. The lowest BCUT2D eigenvalue weighted by atomic mass is 10.0. The van der Waals surface area contributed by atoms with Crippen LogP contribution in [0.15, 0.2) is 42.6 Å². The molecule has 1 heterocycles. The standard InChI is InChI=1S/C14H13NO2.C2H7N/c1-10-9-13(7-8-15-10)11-3-5-12(6-4-11)14(16)17-2;1-3-2/h3-9H,1-2H3;3H,1-2H3. The summed E-state index contributed by atoms with van der Waals surface area (Å²) in [5, 5.41) is 2.75. The summed E-state index contributed by atoms with van der Waals surface area (Å²) in [6, 6.07) is 11.3. The number of esters is 1. The Morgan fingerprint density at radius 1 is 1.10 bits per heavy atom. The third kappa shape index (κ3) is 4.48. The van der Waals surface area contributed by atoms with Crippen molar-refractivity contribution in [3.63, 3.8) is 0 Å². The van der Waals surface area contributed by atoms with E-state index in [9.17, 15) is 4.79 Å². The van der Waals surface area contributed by atoms with Gasteiger partial charge in [0.2, 0.25) is 0 Å². The zero-order valence-electron chi connectivity index (χ0n) is 12.3. The highest BCUT2D eigenvalue weighted by molar-refractivity contribution is 5.89. The number of nitrogens with one attached hydrogen (secondary N) is 1. The van der Waals surface area contributed by atoms with Gasteiger partial charge in [-0.2, -0.15) is 0 Å². The molecule has 0 aliphatic rings. The van der Waals surface area contributed by atoms with Gasteiger partial charge < -0.3 is 10.1 Å². The van der Waals surface area contributed by atoms with Crippen molar-refractivity contribution in [2.75, 3.05) is 21.2 Å². The maximum atomic E-state index is 11.3. The minimum absolute atomic E-state index is 0.317. The van der Waals surface area contributed by atoms with Crippen LogP contribution in [0.1, 0.15) is 16.1 Å². The van der Waals surface area contributed by atoms with E-state index >= 15 is 0 Å². The van der Waals surface area contributed by atoms with Crippen LogP contribution < -0.4 is 5.32 Å². The molecule has 0 atom stereocenters. The molecule has 20 heavy (non-hydrogen) atoms. The molecule has 0 fully saturated rings. The second-order valence-corrected chi connectivity index (χ2v) is 4.25. The molecule has 2 rings (SSSR count). The number of carbonyl (C=O) groups is 1. The smallest absolute Gasteiger partial charge is 0.337 e. The van der Waals surface area contributed by atoms with Crippen LogP contribution >= 0.6 is 0 Å². The summed E-state index contributed by atoms with van der Waals surface area (Å²) in [5.74, 6) is -0.317. The predicted molar refractivity (Wildman–Crippen MR) is 80.7 cm³/mol. The first kappa shape index (κ1) is 15.9. The van der Waals surface area contributed by atoms with E-state index in [0.717, 1.165) is 16.8 Å². The Kier molecular flexibility index (Phi) is 6.40. The minimum atomic E-state index is -0.317. The van der Waals surface area contributed by atoms with E-state index in [1.165, 1.54) is 7.11 Å². The van der Waals surface area contributed by atoms with Crippen molar-refractivity contribution in [2.45, 2.75) is 6.92 Å². The number of pyridine rings is 1. The molecule has 0 radical (unpaired) electrons. The molecular formula is C16H20N2O2. The van der Waals surface area contributed by atoms with Gasteiger partial charge in [-0.1, -0.05) is 12.1 Å². The molecule has 0 aliphatic heterocycles. The van der Waals surface area contributed by atoms with E-state index in [1.807, 2.05) is 45.3 Å². The van der Waals surface area contributed by atoms with E-state index in [1.54, 1.807) is 18.3 Å². The first-order valence-electron chi connectivity index (χ1n) is 6.32. The van der Waals surface area contributed by atoms with Crippen molar-refractivity contribution in [2.24, 2.45) is 0 Å². The zero-order valence-corrected chi connectivity index (χ0v) is 12.3. The van der Waals surface area contributed by atoms with E-state index in [-0.39, 0.29) is 5.97 Å². The van der Waals surface area contributed by atoms with Gasteiger partial charge in [-0.05, 0) is 56.4 Å². The number of carbonyl (C=O) groups excluding carboxylic acids is 1. The van der Waals surface area contributed by atoms with Gasteiger partial charge in [-0.3, -0.25) is 4.98 Å². The molecule has 0 saturated heterocycles. The van der Waals surface area contributed by atoms with Crippen molar-refractivity contribution in [1.29, 1.82) is 0 Å². The average molecular weight is 272 g/mol. The molecule has 1 N–H and O–H groups in total. The summed E-state index contributed by atoms with van der Waals surface area (Å²) in [6.07, 6.45) is 1.78. The predicted octanol–water partition coefficient (Wildman–Crippen LogP) is 2.68. The largest absolute Gasteiger partial charge is 0.465 e. The number of benzene rings is 1. The summed E-state index contributed by atoms with van der Waals surface area (Å²) in [4.78, 5) is 15.4. The normalized spacial score (nSPS) is 9.40. The lowest BCUT2D eigenvalue weighted by Gasteiger charge is -2.04. The number of rotatable bonds is 2. The Morgan fingerprint density at radius 2 is 1.70 bits per heavy atom. The Morgan fingerprint density at radius 3 is 2.20 bits per heavy atom. The second kappa shape index (κ2) is 8.07. The van der Waals surface area contributed by atoms with Crippen LogP contribution in [-0.2, 0) is 4.74 Å². The van der Waals surface area contributed by atoms with Crippen molar-refractivity contribution in [3.8, 4) is 11.1 Å². The first-order valence-corrected chi connectivity index (χ1v) is 6.32. The van der Waals surface area contributed by atoms with Crippen LogP contribution in [0.3, 0.4) is 0 Å². The van der Waals surface area contributed by atoms with Crippen LogP contribution in [0.5, 0.6) is 0 Å². The van der Waals surface area contributed by atoms with Gasteiger partial charge in [0.15, 0.2) is 0 Å². The maximum Gasteiger partial charge on any atom is 0.337 e. The average Bonchev–Trinajstić information content (AvgIpc) is 2.47. The molecule has 0 unspecified atom stereocenters. The molecule has 0 bridgehead atoms. The SMILES string of the molecule is CNC.COC(=O)c1ccc(-c2ccnc(C)c2)cc1. The van der Waals surface area contributed by atoms with Gasteiger partial charge in [0.1, 0.15) is 0 Å². The van der Waals surface area contributed by atoms with Gasteiger partial charge in [-0.15, -0.1) is 0 Å².